The van der Waals surface area contributed by atoms with Crippen molar-refractivity contribution in [2.24, 2.45) is 5.14 Å². The zero-order valence-corrected chi connectivity index (χ0v) is 11.1. The van der Waals surface area contributed by atoms with Gasteiger partial charge in [-0.1, -0.05) is 0 Å². The summed E-state index contributed by atoms with van der Waals surface area (Å²) >= 11 is 3.08. The van der Waals surface area contributed by atoms with Crippen molar-refractivity contribution in [3.05, 3.63) is 28.2 Å². The second kappa shape index (κ2) is 5.48. The van der Waals surface area contributed by atoms with Crippen molar-refractivity contribution in [2.45, 2.75) is 0 Å². The van der Waals surface area contributed by atoms with Crippen molar-refractivity contribution in [1.29, 1.82) is 0 Å². The molecule has 1 amide bonds. The van der Waals surface area contributed by atoms with Gasteiger partial charge in [0.25, 0.3) is 5.91 Å². The van der Waals surface area contributed by atoms with E-state index in [0.29, 0.717) is 4.47 Å². The smallest absolute Gasteiger partial charge is 0.251 e. The Bertz CT molecular complexity index is 530. The van der Waals surface area contributed by atoms with E-state index >= 15 is 0 Å². The molecule has 0 fully saturated rings. The Kier molecular flexibility index (Phi) is 4.49. The molecule has 1 rings (SSSR count). The Labute approximate surface area is 107 Å². The van der Waals surface area contributed by atoms with Crippen LogP contribution in [0.25, 0.3) is 0 Å². The first-order valence-corrected chi connectivity index (χ1v) is 7.07. The third kappa shape index (κ3) is 4.72. The minimum Gasteiger partial charge on any atom is -0.507 e. The molecule has 0 radical (unpaired) electrons. The molecule has 1 aromatic rings. The highest BCUT2D eigenvalue weighted by Crippen LogP contribution is 2.24. The predicted molar refractivity (Wildman–Crippen MR) is 66.1 cm³/mol. The number of primary sulfonamides is 1. The van der Waals surface area contributed by atoms with Gasteiger partial charge < -0.3 is 10.4 Å². The average Bonchev–Trinajstić information content (AvgIpc) is 2.20. The monoisotopic (exact) mass is 322 g/mol. The lowest BCUT2D eigenvalue weighted by Gasteiger charge is -2.05. The van der Waals surface area contributed by atoms with Gasteiger partial charge in [0.15, 0.2) is 0 Å². The average molecular weight is 323 g/mol. The van der Waals surface area contributed by atoms with Gasteiger partial charge in [0.05, 0.1) is 10.2 Å². The van der Waals surface area contributed by atoms with Gasteiger partial charge in [-0.05, 0) is 34.1 Å². The van der Waals surface area contributed by atoms with Crippen molar-refractivity contribution < 1.29 is 18.3 Å². The van der Waals surface area contributed by atoms with Crippen molar-refractivity contribution >= 4 is 31.9 Å². The number of benzene rings is 1. The number of sulfonamides is 1. The first-order chi connectivity index (χ1) is 7.79. The summed E-state index contributed by atoms with van der Waals surface area (Å²) in [5.74, 6) is -0.873. The maximum atomic E-state index is 11.5. The third-order valence-corrected chi connectivity index (χ3v) is 3.32. The number of phenolic OH excluding ortho intramolecular Hbond substituents is 1. The van der Waals surface area contributed by atoms with Gasteiger partial charge in [-0.25, -0.2) is 13.6 Å². The lowest BCUT2D eigenvalue weighted by Crippen LogP contribution is -2.31. The number of carbonyl (C=O) groups is 1. The molecule has 0 aliphatic rings. The van der Waals surface area contributed by atoms with E-state index < -0.39 is 15.9 Å². The second-order valence-corrected chi connectivity index (χ2v) is 5.88. The van der Waals surface area contributed by atoms with Gasteiger partial charge in [0.1, 0.15) is 5.75 Å². The fourth-order valence-electron chi connectivity index (χ4n) is 1.06. The molecule has 94 valence electrons. The summed E-state index contributed by atoms with van der Waals surface area (Å²) in [5, 5.41) is 16.5. The summed E-state index contributed by atoms with van der Waals surface area (Å²) in [6.07, 6.45) is 0. The summed E-state index contributed by atoms with van der Waals surface area (Å²) in [5.41, 5.74) is 0.236. The van der Waals surface area contributed by atoms with E-state index in [1.165, 1.54) is 18.2 Å². The van der Waals surface area contributed by atoms with Crippen LogP contribution in [0.15, 0.2) is 22.7 Å². The van der Waals surface area contributed by atoms with Gasteiger partial charge >= 0.3 is 0 Å². The van der Waals surface area contributed by atoms with Crippen LogP contribution in [0.4, 0.5) is 0 Å². The van der Waals surface area contributed by atoms with Crippen LogP contribution in [-0.4, -0.2) is 31.7 Å². The van der Waals surface area contributed by atoms with Gasteiger partial charge in [-0.15, -0.1) is 0 Å². The highest BCUT2D eigenvalue weighted by atomic mass is 79.9. The molecule has 0 aliphatic carbocycles. The highest BCUT2D eigenvalue weighted by molar-refractivity contribution is 9.10. The molecule has 0 saturated carbocycles. The normalized spacial score (nSPS) is 11.2. The van der Waals surface area contributed by atoms with Crippen LogP contribution in [0.1, 0.15) is 10.4 Å². The summed E-state index contributed by atoms with van der Waals surface area (Å²) < 4.78 is 21.7. The molecule has 0 aromatic heterocycles. The fourth-order valence-corrected chi connectivity index (χ4v) is 1.70. The molecule has 0 bridgehead atoms. The molecule has 0 spiro atoms. The zero-order chi connectivity index (χ0) is 13.1. The molecule has 6 nitrogen and oxygen atoms in total. The number of nitrogens with two attached hydrogens (primary N) is 1. The number of phenols is 1. The van der Waals surface area contributed by atoms with Gasteiger partial charge in [-0.2, -0.15) is 0 Å². The van der Waals surface area contributed by atoms with Crippen LogP contribution in [0.5, 0.6) is 5.75 Å². The summed E-state index contributed by atoms with van der Waals surface area (Å²) in [4.78, 5) is 11.5. The van der Waals surface area contributed by atoms with Crippen molar-refractivity contribution in [2.75, 3.05) is 12.3 Å². The molecule has 4 N–H and O–H groups in total. The van der Waals surface area contributed by atoms with E-state index in [1.54, 1.807) is 0 Å². The summed E-state index contributed by atoms with van der Waals surface area (Å²) in [6, 6.07) is 4.29. The van der Waals surface area contributed by atoms with Gasteiger partial charge in [-0.3, -0.25) is 4.79 Å². The molecular weight excluding hydrogens is 312 g/mol. The van der Waals surface area contributed by atoms with Crippen molar-refractivity contribution in [3.63, 3.8) is 0 Å². The van der Waals surface area contributed by atoms with Crippen molar-refractivity contribution in [1.82, 2.24) is 5.32 Å². The predicted octanol–water partition coefficient (Wildman–Crippen LogP) is 0.173. The maximum Gasteiger partial charge on any atom is 0.251 e. The third-order valence-electron chi connectivity index (χ3n) is 1.88. The SMILES string of the molecule is NS(=O)(=O)CCNC(=O)c1ccc(Br)c(O)c1. The topological polar surface area (TPSA) is 109 Å². The first-order valence-electron chi connectivity index (χ1n) is 4.57. The minimum atomic E-state index is -3.59. The molecule has 0 saturated heterocycles. The maximum absolute atomic E-state index is 11.5. The quantitative estimate of drug-likeness (QED) is 0.734. The zero-order valence-electron chi connectivity index (χ0n) is 8.68. The molecule has 17 heavy (non-hydrogen) atoms. The molecule has 0 unspecified atom stereocenters. The Morgan fingerprint density at radius 1 is 1.47 bits per heavy atom. The molecule has 8 heteroatoms. The molecule has 0 heterocycles. The van der Waals surface area contributed by atoms with Crippen LogP contribution in [0.3, 0.4) is 0 Å². The summed E-state index contributed by atoms with van der Waals surface area (Å²) in [7, 11) is -3.59. The largest absolute Gasteiger partial charge is 0.507 e. The van der Waals surface area contributed by atoms with E-state index in [0.717, 1.165) is 0 Å². The first kappa shape index (κ1) is 13.9. The molecule has 0 aliphatic heterocycles. The van der Waals surface area contributed by atoms with Crippen LogP contribution < -0.4 is 10.5 Å². The van der Waals surface area contributed by atoms with Crippen LogP contribution in [-0.2, 0) is 10.0 Å². The van der Waals surface area contributed by atoms with Gasteiger partial charge in [0, 0.05) is 12.1 Å². The number of hydrogen-bond acceptors (Lipinski definition) is 4. The van der Waals surface area contributed by atoms with E-state index in [1.807, 2.05) is 0 Å². The second-order valence-electron chi connectivity index (χ2n) is 3.29. The Hall–Kier alpha value is -1.12. The lowest BCUT2D eigenvalue weighted by atomic mass is 10.2. The number of hydrogen-bond donors (Lipinski definition) is 3. The van der Waals surface area contributed by atoms with E-state index in [9.17, 15) is 18.3 Å². The minimum absolute atomic E-state index is 0.0657. The number of amides is 1. The standard InChI is InChI=1S/C9H11BrN2O4S/c10-7-2-1-6(5-8(7)13)9(14)12-3-4-17(11,15)16/h1-2,5,13H,3-4H2,(H,12,14)(H2,11,15,16). The number of rotatable bonds is 4. The van der Waals surface area contributed by atoms with Gasteiger partial charge in [0.2, 0.25) is 10.0 Å². The highest BCUT2D eigenvalue weighted by Gasteiger charge is 2.09. The van der Waals surface area contributed by atoms with Crippen LogP contribution in [0, 0.1) is 0 Å². The van der Waals surface area contributed by atoms with Crippen LogP contribution >= 0.6 is 15.9 Å². The Morgan fingerprint density at radius 3 is 2.65 bits per heavy atom. The summed E-state index contributed by atoms with van der Waals surface area (Å²) in [6.45, 7) is -0.0749. The van der Waals surface area contributed by atoms with Crippen molar-refractivity contribution in [3.8, 4) is 5.75 Å². The number of aromatic hydroxyl groups is 1. The number of nitrogens with one attached hydrogen (secondary N) is 1. The fraction of sp³-hybridized carbons (Fsp3) is 0.222. The van der Waals surface area contributed by atoms with E-state index in [2.05, 4.69) is 21.2 Å². The molecule has 0 atom stereocenters. The number of halogens is 1. The Balaban J connectivity index is 2.61. The molecule has 1 aromatic carbocycles. The Morgan fingerprint density at radius 2 is 2.12 bits per heavy atom. The van der Waals surface area contributed by atoms with E-state index in [-0.39, 0.29) is 23.6 Å². The lowest BCUT2D eigenvalue weighted by molar-refractivity contribution is 0.0955. The number of carbonyl (C=O) groups excluding carboxylic acids is 1. The van der Waals surface area contributed by atoms with E-state index in [4.69, 9.17) is 5.14 Å². The molecular formula is C9H11BrN2O4S. The van der Waals surface area contributed by atoms with Crippen LogP contribution in [0.2, 0.25) is 0 Å².